The summed E-state index contributed by atoms with van der Waals surface area (Å²) in [4.78, 5) is 14.9. The van der Waals surface area contributed by atoms with Crippen LogP contribution >= 0.6 is 0 Å². The third kappa shape index (κ3) is 7.25. The fraction of sp³-hybridized carbons (Fsp3) is 0. The van der Waals surface area contributed by atoms with Crippen LogP contribution in [0.4, 0.5) is 0 Å². The van der Waals surface area contributed by atoms with Crippen molar-refractivity contribution in [2.24, 2.45) is 0 Å². The number of rotatable bonds is 5. The Balaban J connectivity index is 1.26. The van der Waals surface area contributed by atoms with Gasteiger partial charge in [-0.3, -0.25) is 0 Å². The van der Waals surface area contributed by atoms with Crippen molar-refractivity contribution in [3.05, 3.63) is 60.7 Å². The molecule has 0 aliphatic heterocycles. The number of hydrogen-bond acceptors (Lipinski definition) is 4. The molecule has 0 saturated carbocycles. The summed E-state index contributed by atoms with van der Waals surface area (Å²) in [5.74, 6) is 0.542. The van der Waals surface area contributed by atoms with E-state index in [1.807, 2.05) is 60.7 Å². The Bertz CT molecular complexity index is 4640. The molecular weight excluding hydrogens is 946 g/mol. The van der Waals surface area contributed by atoms with E-state index in [0.29, 0.717) is 11.1 Å². The smallest absolute Gasteiger partial charge is 0.164 e. The highest BCUT2D eigenvalue weighted by atomic mass is 16.3. The van der Waals surface area contributed by atoms with Gasteiger partial charge in [0, 0.05) is 55.0 Å². The molecule has 0 amide bonds. The second kappa shape index (κ2) is 19.1. The molecule has 0 bridgehead atoms. The Morgan fingerprint density at radius 3 is 1.00 bits per heavy atom. The highest BCUT2D eigenvalue weighted by molar-refractivity contribution is 6.76. The number of hydrogen-bond donors (Lipinski definition) is 0. The summed E-state index contributed by atoms with van der Waals surface area (Å²) in [6.45, 7) is 0. The van der Waals surface area contributed by atoms with E-state index in [4.69, 9.17) is 192 Å². The Labute approximate surface area is 490 Å². The quantitative estimate of drug-likeness (QED) is 0.161. The second-order valence-electron chi connectivity index (χ2n) is 19.4. The lowest BCUT2D eigenvalue weighted by Gasteiger charge is -2.29. The molecule has 44 radical (unpaired) electrons. The lowest BCUT2D eigenvalue weighted by molar-refractivity contribution is 0.675. The molecule has 0 unspecified atom stereocenters. The molecule has 12 rings (SSSR count). The van der Waals surface area contributed by atoms with Gasteiger partial charge in [-0.15, -0.1) is 32.8 Å². The average Bonchev–Trinajstić information content (AvgIpc) is 3.91. The van der Waals surface area contributed by atoms with Crippen molar-refractivity contribution in [3.8, 4) is 51.0 Å². The monoisotopic (exact) mass is 960 g/mol. The summed E-state index contributed by atoms with van der Waals surface area (Å²) in [6.07, 6.45) is 0. The maximum Gasteiger partial charge on any atom is 0.164 e. The summed E-state index contributed by atoms with van der Waals surface area (Å²) in [7, 11) is 152. The van der Waals surface area contributed by atoms with Gasteiger partial charge in [0.1, 0.15) is 184 Å². The molecule has 80 heavy (non-hydrogen) atoms. The van der Waals surface area contributed by atoms with E-state index in [9.17, 15) is 0 Å². The van der Waals surface area contributed by atoms with E-state index in [1.54, 1.807) is 0 Å². The van der Waals surface area contributed by atoms with Crippen molar-refractivity contribution in [1.29, 1.82) is 0 Å². The molecule has 27 heteroatoms. The van der Waals surface area contributed by atoms with Crippen LogP contribution in [0, 0.1) is 0 Å². The second-order valence-corrected chi connectivity index (χ2v) is 19.4. The van der Waals surface area contributed by atoms with E-state index in [1.165, 1.54) is 4.57 Å². The van der Waals surface area contributed by atoms with Crippen molar-refractivity contribution < 1.29 is 4.42 Å². The highest BCUT2D eigenvalue weighted by Crippen LogP contribution is 2.36. The standard InChI is InChI=1S/C53H10B22N4O/c54-24-14-18(29(59)39(69)37(67)27(14)57)34(64)46-20(24)21-25(55)15-19(30(60)40(70)38(68)28(15)58)35(65)47(21)79(46)48-43(73)31(61)17(32(62)44(48)74)16-26(56)23(13-22-33(63)41(71)42(72)45(75)50(22)80-49(13)36(16)66)53-77-51(11-7-3-1-4-8-11)76-52(78-53)12-9-5-2-6-10-12/h1-10H. The Hall–Kier alpha value is -6.46. The normalized spacial score (nSPS) is 11.8. The minimum absolute atomic E-state index is 0.00603. The van der Waals surface area contributed by atoms with E-state index in [-0.39, 0.29) is 225 Å². The first-order valence-corrected chi connectivity index (χ1v) is 24.1. The van der Waals surface area contributed by atoms with Crippen LogP contribution in [0.3, 0.4) is 0 Å². The van der Waals surface area contributed by atoms with Crippen LogP contribution in [0.2, 0.25) is 0 Å². The van der Waals surface area contributed by atoms with Crippen molar-refractivity contribution in [1.82, 2.24) is 19.5 Å². The third-order valence-electron chi connectivity index (χ3n) is 15.2. The lowest BCUT2D eigenvalue weighted by atomic mass is 9.60. The Kier molecular flexibility index (Phi) is 12.9. The zero-order valence-electron chi connectivity index (χ0n) is 42.2. The van der Waals surface area contributed by atoms with Gasteiger partial charge in [-0.2, -0.15) is 0 Å². The van der Waals surface area contributed by atoms with E-state index < -0.39 is 0 Å². The third-order valence-corrected chi connectivity index (χ3v) is 15.2. The maximum atomic E-state index is 7.50. The number of fused-ring (bicyclic) bond motifs is 8. The van der Waals surface area contributed by atoms with Gasteiger partial charge in [0.05, 0.1) is 0 Å². The zero-order chi connectivity index (χ0) is 57.3. The van der Waals surface area contributed by atoms with Crippen LogP contribution in [0.25, 0.3) is 116 Å². The van der Waals surface area contributed by atoms with Gasteiger partial charge in [-0.1, -0.05) is 143 Å². The molecule has 0 N–H and O–H groups in total. The molecule has 3 aromatic heterocycles. The van der Waals surface area contributed by atoms with Gasteiger partial charge < -0.3 is 8.98 Å². The van der Waals surface area contributed by atoms with Gasteiger partial charge in [-0.05, 0) is 38.1 Å². The van der Waals surface area contributed by atoms with Gasteiger partial charge >= 0.3 is 0 Å². The van der Waals surface area contributed by atoms with Gasteiger partial charge in [0.25, 0.3) is 0 Å². The summed E-state index contributed by atoms with van der Waals surface area (Å²) in [6, 6.07) is 18.4. The lowest BCUT2D eigenvalue weighted by Crippen LogP contribution is -2.50. The average molecular weight is 957 g/mol. The van der Waals surface area contributed by atoms with Crippen LogP contribution < -0.4 is 120 Å². The molecule has 0 spiro atoms. The molecule has 9 aromatic carbocycles. The molecule has 0 aliphatic rings. The minimum atomic E-state index is -0.243. The van der Waals surface area contributed by atoms with Crippen LogP contribution in [-0.4, -0.2) is 192 Å². The molecular formula is C53H10B22N4O. The van der Waals surface area contributed by atoms with E-state index in [0.717, 1.165) is 0 Å². The van der Waals surface area contributed by atoms with Crippen LogP contribution in [0.1, 0.15) is 0 Å². The molecule has 3 heterocycles. The van der Waals surface area contributed by atoms with Crippen molar-refractivity contribution >= 4 is 358 Å². The van der Waals surface area contributed by atoms with Crippen LogP contribution in [0.5, 0.6) is 0 Å². The SMILES string of the molecule is [B]c1c([B])c(-n2c3c([B])c4c([B])c([B])c([B])c([B])c4c([B])c3c3c([B])c4c([B])c([B])c([B])c([B])c4c([B])c32)c([B])c([B])c1-c1c([B])c(-c2nc(-c3ccccc3)nc(-c3ccccc3)n2)c2c(oc3c([B])c([B])c([B])c([B])c32)c1[B]. The van der Waals surface area contributed by atoms with Gasteiger partial charge in [0.2, 0.25) is 0 Å². The first-order chi connectivity index (χ1) is 37.9. The van der Waals surface area contributed by atoms with E-state index >= 15 is 0 Å². The van der Waals surface area contributed by atoms with Crippen molar-refractivity contribution in [2.45, 2.75) is 0 Å². The number of benzene rings is 9. The Morgan fingerprint density at radius 2 is 0.588 bits per heavy atom. The van der Waals surface area contributed by atoms with Crippen LogP contribution in [0.15, 0.2) is 65.1 Å². The highest BCUT2D eigenvalue weighted by Gasteiger charge is 2.31. The molecule has 5 nitrogen and oxygen atoms in total. The van der Waals surface area contributed by atoms with Crippen LogP contribution in [-0.2, 0) is 0 Å². The predicted molar refractivity (Wildman–Crippen MR) is 357 cm³/mol. The van der Waals surface area contributed by atoms with Crippen molar-refractivity contribution in [2.75, 3.05) is 0 Å². The minimum Gasteiger partial charge on any atom is -0.457 e. The fourth-order valence-electron chi connectivity index (χ4n) is 11.2. The summed E-state index contributed by atoms with van der Waals surface area (Å²) >= 11 is 0. The largest absolute Gasteiger partial charge is 0.457 e. The zero-order valence-corrected chi connectivity index (χ0v) is 42.2. The predicted octanol–water partition coefficient (Wildman–Crippen LogP) is -12.7. The molecule has 0 saturated heterocycles. The molecule has 314 valence electrons. The summed E-state index contributed by atoms with van der Waals surface area (Å²) < 4.78 is 8.05. The van der Waals surface area contributed by atoms with Gasteiger partial charge in [0.15, 0.2) is 17.5 Å². The number of nitrogens with zero attached hydrogens (tertiary/aromatic N) is 4. The first-order valence-electron chi connectivity index (χ1n) is 24.1. The molecule has 0 atom stereocenters. The number of furan rings is 1. The maximum absolute atomic E-state index is 7.50. The van der Waals surface area contributed by atoms with E-state index in [2.05, 4.69) is 0 Å². The summed E-state index contributed by atoms with van der Waals surface area (Å²) in [5, 5.41) is 1.17. The Morgan fingerprint density at radius 1 is 0.250 bits per heavy atom. The fourth-order valence-corrected chi connectivity index (χ4v) is 11.2. The number of aromatic nitrogens is 4. The molecule has 12 aromatic rings. The topological polar surface area (TPSA) is 56.7 Å². The molecule has 0 aliphatic carbocycles. The molecule has 0 fully saturated rings. The van der Waals surface area contributed by atoms with Crippen molar-refractivity contribution in [3.63, 3.8) is 0 Å². The summed E-state index contributed by atoms with van der Waals surface area (Å²) in [5.41, 5.74) is -0.737. The first kappa shape index (κ1) is 54.1. The van der Waals surface area contributed by atoms with Gasteiger partial charge in [-0.25, -0.2) is 15.0 Å².